The molecule has 9 nitrogen and oxygen atoms in total. The minimum atomic E-state index is -0.395. The molecule has 2 aromatic rings. The minimum Gasteiger partial charge on any atom is -0.493 e. The van der Waals surface area contributed by atoms with Gasteiger partial charge in [0.25, 0.3) is 5.91 Å². The molecule has 1 aliphatic heterocycles. The third-order valence-corrected chi connectivity index (χ3v) is 6.00. The number of ether oxygens (including phenoxy) is 3. The fourth-order valence-electron chi connectivity index (χ4n) is 3.84. The first-order valence-corrected chi connectivity index (χ1v) is 11.1. The molecule has 0 spiro atoms. The van der Waals surface area contributed by atoms with Gasteiger partial charge in [0.1, 0.15) is 0 Å². The molecule has 1 unspecified atom stereocenters. The van der Waals surface area contributed by atoms with Crippen molar-refractivity contribution in [3.63, 3.8) is 0 Å². The molecular formula is C25H31N3O6. The Hall–Kier alpha value is -3.59. The molecule has 0 aromatic heterocycles. The Morgan fingerprint density at radius 1 is 0.882 bits per heavy atom. The molecule has 2 aromatic carbocycles. The number of nitrogens with zero attached hydrogens (tertiary/aromatic N) is 2. The summed E-state index contributed by atoms with van der Waals surface area (Å²) in [5.41, 5.74) is 1.89. The summed E-state index contributed by atoms with van der Waals surface area (Å²) < 4.78 is 15.2. The molecule has 1 atom stereocenters. The predicted octanol–water partition coefficient (Wildman–Crippen LogP) is 1.95. The summed E-state index contributed by atoms with van der Waals surface area (Å²) in [4.78, 5) is 41.0. The molecule has 0 bridgehead atoms. The quantitative estimate of drug-likeness (QED) is 0.590. The van der Waals surface area contributed by atoms with E-state index in [-0.39, 0.29) is 17.9 Å². The molecule has 0 radical (unpaired) electrons. The van der Waals surface area contributed by atoms with Crippen LogP contribution in [0, 0.1) is 0 Å². The summed E-state index contributed by atoms with van der Waals surface area (Å²) in [7, 11) is 4.43. The Bertz CT molecular complexity index is 1020. The van der Waals surface area contributed by atoms with Gasteiger partial charge in [-0.25, -0.2) is 4.79 Å². The number of nitrogens with one attached hydrogen (secondary N) is 1. The van der Waals surface area contributed by atoms with Gasteiger partial charge < -0.3 is 24.4 Å². The Morgan fingerprint density at radius 3 is 2.09 bits per heavy atom. The van der Waals surface area contributed by atoms with Crippen molar-refractivity contribution >= 4 is 17.8 Å². The van der Waals surface area contributed by atoms with Crippen LogP contribution in [0.5, 0.6) is 11.5 Å². The van der Waals surface area contributed by atoms with E-state index in [2.05, 4.69) is 10.2 Å². The highest BCUT2D eigenvalue weighted by molar-refractivity contribution is 5.95. The summed E-state index contributed by atoms with van der Waals surface area (Å²) in [5.74, 6) is 0.526. The van der Waals surface area contributed by atoms with Gasteiger partial charge in [-0.15, -0.1) is 0 Å². The van der Waals surface area contributed by atoms with Gasteiger partial charge in [0.2, 0.25) is 5.91 Å². The fourth-order valence-corrected chi connectivity index (χ4v) is 3.84. The van der Waals surface area contributed by atoms with Gasteiger partial charge >= 0.3 is 5.97 Å². The lowest BCUT2D eigenvalue weighted by Gasteiger charge is -2.37. The maximum absolute atomic E-state index is 12.9. The molecule has 34 heavy (non-hydrogen) atoms. The molecule has 2 amide bonds. The smallest absolute Gasteiger partial charge is 0.337 e. The van der Waals surface area contributed by atoms with Gasteiger partial charge in [-0.1, -0.05) is 12.1 Å². The van der Waals surface area contributed by atoms with E-state index in [0.717, 1.165) is 5.56 Å². The third-order valence-electron chi connectivity index (χ3n) is 6.00. The van der Waals surface area contributed by atoms with E-state index in [9.17, 15) is 14.4 Å². The normalized spacial score (nSPS) is 14.8. The van der Waals surface area contributed by atoms with E-state index in [1.54, 1.807) is 54.5 Å². The Morgan fingerprint density at radius 2 is 1.50 bits per heavy atom. The van der Waals surface area contributed by atoms with Crippen molar-refractivity contribution in [3.8, 4) is 11.5 Å². The third kappa shape index (κ3) is 5.85. The van der Waals surface area contributed by atoms with E-state index in [0.29, 0.717) is 55.3 Å². The van der Waals surface area contributed by atoms with Crippen molar-refractivity contribution < 1.29 is 28.6 Å². The molecule has 0 saturated carbocycles. The number of piperazine rings is 1. The number of amides is 2. The van der Waals surface area contributed by atoms with Crippen LogP contribution in [0.4, 0.5) is 0 Å². The molecular weight excluding hydrogens is 438 g/mol. The van der Waals surface area contributed by atoms with Gasteiger partial charge in [-0.2, -0.15) is 0 Å². The van der Waals surface area contributed by atoms with E-state index >= 15 is 0 Å². The maximum atomic E-state index is 12.9. The van der Waals surface area contributed by atoms with Crippen molar-refractivity contribution in [1.82, 2.24) is 15.1 Å². The second kappa shape index (κ2) is 11.5. The zero-order valence-electron chi connectivity index (χ0n) is 20.0. The molecule has 1 heterocycles. The topological polar surface area (TPSA) is 97.4 Å². The minimum absolute atomic E-state index is 0.0758. The molecule has 1 saturated heterocycles. The average molecular weight is 470 g/mol. The lowest BCUT2D eigenvalue weighted by Crippen LogP contribution is -2.54. The lowest BCUT2D eigenvalue weighted by molar-refractivity contribution is -0.126. The standard InChI is InChI=1S/C25H31N3O6/c1-17(23(29)26-16-18-5-7-19(8-6-18)25(31)34-4)27-11-13-28(14-12-27)24(30)20-9-10-21(32-2)22(15-20)33-3/h5-10,15,17H,11-14,16H2,1-4H3,(H,26,29). The molecule has 1 aliphatic rings. The monoisotopic (exact) mass is 469 g/mol. The van der Waals surface area contributed by atoms with Crippen LogP contribution in [0.1, 0.15) is 33.2 Å². The number of carbonyl (C=O) groups is 3. The number of carbonyl (C=O) groups excluding carboxylic acids is 3. The molecule has 9 heteroatoms. The van der Waals surface area contributed by atoms with Crippen LogP contribution in [-0.4, -0.2) is 81.1 Å². The van der Waals surface area contributed by atoms with Crippen LogP contribution < -0.4 is 14.8 Å². The van der Waals surface area contributed by atoms with Gasteiger partial charge in [0.05, 0.1) is 32.9 Å². The van der Waals surface area contributed by atoms with Gasteiger partial charge in [-0.05, 0) is 42.8 Å². The predicted molar refractivity (Wildman–Crippen MR) is 126 cm³/mol. The number of benzene rings is 2. The van der Waals surface area contributed by atoms with Crippen molar-refractivity contribution in [3.05, 3.63) is 59.2 Å². The summed E-state index contributed by atoms with van der Waals surface area (Å²) in [6.45, 7) is 4.48. The van der Waals surface area contributed by atoms with Crippen molar-refractivity contribution in [1.29, 1.82) is 0 Å². The first-order chi connectivity index (χ1) is 16.4. The van der Waals surface area contributed by atoms with E-state index in [1.165, 1.54) is 14.2 Å². The van der Waals surface area contributed by atoms with E-state index in [4.69, 9.17) is 14.2 Å². The van der Waals surface area contributed by atoms with Crippen LogP contribution in [-0.2, 0) is 16.1 Å². The summed E-state index contributed by atoms with van der Waals surface area (Å²) in [5, 5.41) is 2.94. The molecule has 1 fully saturated rings. The summed E-state index contributed by atoms with van der Waals surface area (Å²) in [6.07, 6.45) is 0. The first kappa shape index (κ1) is 25.0. The average Bonchev–Trinajstić information content (AvgIpc) is 2.90. The Balaban J connectivity index is 1.50. The van der Waals surface area contributed by atoms with Crippen molar-refractivity contribution in [2.75, 3.05) is 47.5 Å². The number of hydrogen-bond donors (Lipinski definition) is 1. The molecule has 0 aliphatic carbocycles. The Kier molecular flexibility index (Phi) is 8.48. The zero-order chi connectivity index (χ0) is 24.7. The molecule has 3 rings (SSSR count). The second-order valence-corrected chi connectivity index (χ2v) is 7.98. The number of hydrogen-bond acceptors (Lipinski definition) is 7. The highest BCUT2D eigenvalue weighted by atomic mass is 16.5. The van der Waals surface area contributed by atoms with Crippen LogP contribution in [0.3, 0.4) is 0 Å². The number of rotatable bonds is 8. The second-order valence-electron chi connectivity index (χ2n) is 7.98. The zero-order valence-corrected chi connectivity index (χ0v) is 20.0. The van der Waals surface area contributed by atoms with Gasteiger partial charge in [-0.3, -0.25) is 14.5 Å². The van der Waals surface area contributed by atoms with Crippen molar-refractivity contribution in [2.24, 2.45) is 0 Å². The summed E-state index contributed by atoms with van der Waals surface area (Å²) in [6, 6.07) is 11.7. The fraction of sp³-hybridized carbons (Fsp3) is 0.400. The van der Waals surface area contributed by atoms with Crippen molar-refractivity contribution in [2.45, 2.75) is 19.5 Å². The van der Waals surface area contributed by atoms with Crippen LogP contribution in [0.2, 0.25) is 0 Å². The molecule has 182 valence electrons. The highest BCUT2D eigenvalue weighted by Crippen LogP contribution is 2.28. The van der Waals surface area contributed by atoms with Gasteiger partial charge in [0, 0.05) is 38.3 Å². The first-order valence-electron chi connectivity index (χ1n) is 11.1. The van der Waals surface area contributed by atoms with E-state index in [1.807, 2.05) is 6.92 Å². The Labute approximate surface area is 199 Å². The highest BCUT2D eigenvalue weighted by Gasteiger charge is 2.28. The van der Waals surface area contributed by atoms with Gasteiger partial charge in [0.15, 0.2) is 11.5 Å². The lowest BCUT2D eigenvalue weighted by atomic mass is 10.1. The maximum Gasteiger partial charge on any atom is 0.337 e. The SMILES string of the molecule is COC(=O)c1ccc(CNC(=O)C(C)N2CCN(C(=O)c3ccc(OC)c(OC)c3)CC2)cc1. The van der Waals surface area contributed by atoms with Crippen LogP contribution in [0.25, 0.3) is 0 Å². The van der Waals surface area contributed by atoms with Crippen LogP contribution in [0.15, 0.2) is 42.5 Å². The summed E-state index contributed by atoms with van der Waals surface area (Å²) >= 11 is 0. The largest absolute Gasteiger partial charge is 0.493 e. The van der Waals surface area contributed by atoms with E-state index < -0.39 is 5.97 Å². The number of methoxy groups -OCH3 is 3. The number of esters is 1. The molecule has 1 N–H and O–H groups in total. The van der Waals surface area contributed by atoms with Crippen LogP contribution >= 0.6 is 0 Å².